The van der Waals surface area contributed by atoms with Crippen LogP contribution in [0.15, 0.2) is 42.5 Å². The molecule has 1 aliphatic carbocycles. The number of nitrogens with one attached hydrogen (secondary N) is 1. The summed E-state index contributed by atoms with van der Waals surface area (Å²) in [6.45, 7) is 0.568. The van der Waals surface area contributed by atoms with Crippen molar-refractivity contribution >= 4 is 61.5 Å². The Balaban J connectivity index is 1.66. The summed E-state index contributed by atoms with van der Waals surface area (Å²) in [5.74, 6) is 0.884. The maximum absolute atomic E-state index is 13.8. The van der Waals surface area contributed by atoms with E-state index in [0.29, 0.717) is 22.5 Å². The number of rotatable bonds is 6. The largest absolute Gasteiger partial charge is 0.496 e. The highest BCUT2D eigenvalue weighted by Crippen LogP contribution is 2.37. The standard InChI is InChI=1S/C24H26ClIN2O2S/c1-27-16-8-10-17(11-9-16)28(14-15-7-12-20(30-2)19(26)13-15)24(29)23-22(25)18-5-3-4-6-21(18)31-23/h3-7,12-13,16-17,27H,8-11,14H2,1-2H3. The molecule has 4 rings (SSSR count). The van der Waals surface area contributed by atoms with E-state index in [0.717, 1.165) is 50.7 Å². The summed E-state index contributed by atoms with van der Waals surface area (Å²) in [4.78, 5) is 16.5. The van der Waals surface area contributed by atoms with E-state index in [9.17, 15) is 4.79 Å². The van der Waals surface area contributed by atoms with Gasteiger partial charge in [-0.15, -0.1) is 11.3 Å². The second-order valence-electron chi connectivity index (χ2n) is 7.94. The normalized spacial score (nSPS) is 18.8. The highest BCUT2D eigenvalue weighted by molar-refractivity contribution is 14.1. The van der Waals surface area contributed by atoms with Gasteiger partial charge in [-0.3, -0.25) is 4.79 Å². The predicted octanol–water partition coefficient (Wildman–Crippen LogP) is 6.34. The van der Waals surface area contributed by atoms with E-state index in [1.165, 1.54) is 11.3 Å². The van der Waals surface area contributed by atoms with Crippen molar-refractivity contribution in [1.29, 1.82) is 0 Å². The zero-order chi connectivity index (χ0) is 22.0. The number of fused-ring (bicyclic) bond motifs is 1. The van der Waals surface area contributed by atoms with Gasteiger partial charge in [0.2, 0.25) is 0 Å². The minimum absolute atomic E-state index is 0.0323. The van der Waals surface area contributed by atoms with Crippen molar-refractivity contribution < 1.29 is 9.53 Å². The van der Waals surface area contributed by atoms with Crippen LogP contribution in [0.2, 0.25) is 5.02 Å². The van der Waals surface area contributed by atoms with Gasteiger partial charge in [-0.1, -0.05) is 35.9 Å². The number of thiophene rings is 1. The van der Waals surface area contributed by atoms with Crippen molar-refractivity contribution in [3.63, 3.8) is 0 Å². The zero-order valence-corrected chi connectivity index (χ0v) is 21.4. The minimum atomic E-state index is 0.0323. The summed E-state index contributed by atoms with van der Waals surface area (Å²) in [7, 11) is 3.70. The molecule has 164 valence electrons. The third kappa shape index (κ3) is 4.87. The zero-order valence-electron chi connectivity index (χ0n) is 17.7. The van der Waals surface area contributed by atoms with Crippen LogP contribution in [0.25, 0.3) is 10.1 Å². The highest BCUT2D eigenvalue weighted by Gasteiger charge is 2.31. The van der Waals surface area contributed by atoms with Gasteiger partial charge < -0.3 is 15.0 Å². The van der Waals surface area contributed by atoms with Gasteiger partial charge in [0.1, 0.15) is 10.6 Å². The second-order valence-corrected chi connectivity index (χ2v) is 10.5. The molecule has 0 spiro atoms. The molecule has 1 heterocycles. The first-order chi connectivity index (χ1) is 15.0. The molecule has 4 nitrogen and oxygen atoms in total. The van der Waals surface area contributed by atoms with Gasteiger partial charge >= 0.3 is 0 Å². The molecule has 0 atom stereocenters. The molecule has 31 heavy (non-hydrogen) atoms. The van der Waals surface area contributed by atoms with E-state index in [2.05, 4.69) is 34.0 Å². The van der Waals surface area contributed by atoms with Crippen molar-refractivity contribution in [2.45, 2.75) is 44.3 Å². The van der Waals surface area contributed by atoms with Crippen LogP contribution >= 0.6 is 45.5 Å². The summed E-state index contributed by atoms with van der Waals surface area (Å²) in [6, 6.07) is 14.8. The van der Waals surface area contributed by atoms with Gasteiger partial charge in [-0.05, 0) is 79.1 Å². The number of ether oxygens (including phenoxy) is 1. The third-order valence-corrected chi connectivity index (χ3v) is 8.61. The second kappa shape index (κ2) is 10.1. The molecule has 1 fully saturated rings. The predicted molar refractivity (Wildman–Crippen MR) is 138 cm³/mol. The number of methoxy groups -OCH3 is 1. The van der Waals surface area contributed by atoms with Crippen LogP contribution in [0, 0.1) is 3.57 Å². The maximum atomic E-state index is 13.8. The van der Waals surface area contributed by atoms with E-state index in [4.69, 9.17) is 16.3 Å². The van der Waals surface area contributed by atoms with Crippen LogP contribution in [0.1, 0.15) is 40.9 Å². The Labute approximate surface area is 206 Å². The Morgan fingerprint density at radius 3 is 2.61 bits per heavy atom. The van der Waals surface area contributed by atoms with Crippen molar-refractivity contribution in [2.75, 3.05) is 14.2 Å². The van der Waals surface area contributed by atoms with Crippen LogP contribution in [0.4, 0.5) is 0 Å². The van der Waals surface area contributed by atoms with E-state index in [1.807, 2.05) is 48.3 Å². The molecule has 1 amide bonds. The molecule has 1 N–H and O–H groups in total. The van der Waals surface area contributed by atoms with Crippen LogP contribution in [0.5, 0.6) is 5.75 Å². The lowest BCUT2D eigenvalue weighted by molar-refractivity contribution is 0.0606. The van der Waals surface area contributed by atoms with Gasteiger partial charge in [0.15, 0.2) is 0 Å². The van der Waals surface area contributed by atoms with Crippen molar-refractivity contribution in [2.24, 2.45) is 0 Å². The van der Waals surface area contributed by atoms with Crippen molar-refractivity contribution in [3.8, 4) is 5.75 Å². The first-order valence-electron chi connectivity index (χ1n) is 10.5. The van der Waals surface area contributed by atoms with Gasteiger partial charge in [0, 0.05) is 28.7 Å². The first kappa shape index (κ1) is 22.8. The summed E-state index contributed by atoms with van der Waals surface area (Å²) >= 11 is 10.5. The van der Waals surface area contributed by atoms with E-state index < -0.39 is 0 Å². The van der Waals surface area contributed by atoms with E-state index in [1.54, 1.807) is 7.11 Å². The summed E-state index contributed by atoms with van der Waals surface area (Å²) < 4.78 is 7.50. The highest BCUT2D eigenvalue weighted by atomic mass is 127. The molecule has 1 aliphatic rings. The van der Waals surface area contributed by atoms with Crippen LogP contribution in [0.3, 0.4) is 0 Å². The van der Waals surface area contributed by atoms with Gasteiger partial charge in [-0.2, -0.15) is 0 Å². The average Bonchev–Trinajstić information content (AvgIpc) is 3.14. The summed E-state index contributed by atoms with van der Waals surface area (Å²) in [5.41, 5.74) is 1.10. The van der Waals surface area contributed by atoms with Gasteiger partial charge in [-0.25, -0.2) is 0 Å². The molecule has 1 aromatic heterocycles. The smallest absolute Gasteiger partial charge is 0.266 e. The molecule has 0 radical (unpaired) electrons. The molecule has 0 aliphatic heterocycles. The Hall–Kier alpha value is -1.35. The van der Waals surface area contributed by atoms with Crippen LogP contribution in [-0.2, 0) is 6.54 Å². The Bertz CT molecular complexity index is 1080. The van der Waals surface area contributed by atoms with Crippen molar-refractivity contribution in [3.05, 3.63) is 61.5 Å². The molecule has 2 aromatic carbocycles. The van der Waals surface area contributed by atoms with Gasteiger partial charge in [0.05, 0.1) is 15.7 Å². The molecular weight excluding hydrogens is 543 g/mol. The number of hydrogen-bond acceptors (Lipinski definition) is 4. The molecule has 1 saturated carbocycles. The van der Waals surface area contributed by atoms with Crippen LogP contribution in [-0.4, -0.2) is 37.0 Å². The summed E-state index contributed by atoms with van der Waals surface area (Å²) in [6.07, 6.45) is 4.14. The average molecular weight is 569 g/mol. The van der Waals surface area contributed by atoms with E-state index >= 15 is 0 Å². The number of benzene rings is 2. The quantitative estimate of drug-likeness (QED) is 0.353. The fraction of sp³-hybridized carbons (Fsp3) is 0.375. The molecular formula is C24H26ClIN2O2S. The topological polar surface area (TPSA) is 41.6 Å². The molecule has 0 bridgehead atoms. The number of carbonyl (C=O) groups excluding carboxylic acids is 1. The first-order valence-corrected chi connectivity index (χ1v) is 12.8. The maximum Gasteiger partial charge on any atom is 0.266 e. The molecule has 0 saturated heterocycles. The number of amides is 1. The SMILES string of the molecule is CNC1CCC(N(Cc2ccc(OC)c(I)c2)C(=O)c2sc3ccccc3c2Cl)CC1. The third-order valence-electron chi connectivity index (χ3n) is 6.10. The van der Waals surface area contributed by atoms with Crippen molar-refractivity contribution in [1.82, 2.24) is 10.2 Å². The lowest BCUT2D eigenvalue weighted by Gasteiger charge is -2.37. The lowest BCUT2D eigenvalue weighted by atomic mass is 9.90. The molecule has 7 heteroatoms. The molecule has 0 unspecified atom stereocenters. The minimum Gasteiger partial charge on any atom is -0.496 e. The van der Waals surface area contributed by atoms with Crippen LogP contribution < -0.4 is 10.1 Å². The number of hydrogen-bond donors (Lipinski definition) is 1. The summed E-state index contributed by atoms with van der Waals surface area (Å²) in [5, 5.41) is 4.91. The number of nitrogens with zero attached hydrogens (tertiary/aromatic N) is 1. The number of halogens is 2. The Morgan fingerprint density at radius 1 is 1.23 bits per heavy atom. The Morgan fingerprint density at radius 2 is 1.97 bits per heavy atom. The lowest BCUT2D eigenvalue weighted by Crippen LogP contribution is -2.44. The monoisotopic (exact) mass is 568 g/mol. The fourth-order valence-corrected chi connectivity index (χ4v) is 6.60. The van der Waals surface area contributed by atoms with Gasteiger partial charge in [0.25, 0.3) is 5.91 Å². The fourth-order valence-electron chi connectivity index (χ4n) is 4.33. The van der Waals surface area contributed by atoms with E-state index in [-0.39, 0.29) is 11.9 Å². The number of carbonyl (C=O) groups is 1. The molecule has 3 aromatic rings. The Kier molecular flexibility index (Phi) is 7.41.